The van der Waals surface area contributed by atoms with Crippen LogP contribution >= 0.6 is 11.8 Å². The van der Waals surface area contributed by atoms with E-state index in [9.17, 15) is 9.59 Å². The molecule has 4 N–H and O–H groups in total. The fourth-order valence-corrected chi connectivity index (χ4v) is 1.28. The standard InChI is InChI=1S/C5H8ClNO2.C2H5NO2/c6-7-3-1-2-4(7)5(8)9;3-1-2(4)5/h4H,1-3H2,(H,8,9);1,3H2,(H,4,5)/t4-;/m0./s1. The smallest absolute Gasteiger partial charge is 0.322 e. The topological polar surface area (TPSA) is 104 Å². The van der Waals surface area contributed by atoms with E-state index in [1.54, 1.807) is 0 Å². The van der Waals surface area contributed by atoms with E-state index >= 15 is 0 Å². The number of nitrogens with zero attached hydrogens (tertiary/aromatic N) is 1. The van der Waals surface area contributed by atoms with Gasteiger partial charge < -0.3 is 15.9 Å². The molecule has 0 aliphatic carbocycles. The maximum absolute atomic E-state index is 10.3. The van der Waals surface area contributed by atoms with E-state index < -0.39 is 18.0 Å². The SMILES string of the molecule is NCC(=O)O.O=C(O)[C@@H]1CCCN1Cl. The molecule has 1 rings (SSSR count). The fraction of sp³-hybridized carbons (Fsp3) is 0.714. The summed E-state index contributed by atoms with van der Waals surface area (Å²) in [6.45, 7) is 0.415. The summed E-state index contributed by atoms with van der Waals surface area (Å²) < 4.78 is 1.35. The van der Waals surface area contributed by atoms with Crippen molar-refractivity contribution in [3.63, 3.8) is 0 Å². The van der Waals surface area contributed by atoms with Crippen molar-refractivity contribution in [3.8, 4) is 0 Å². The Hall–Kier alpha value is -0.850. The number of carboxylic acids is 2. The summed E-state index contributed by atoms with van der Waals surface area (Å²) in [5, 5.41) is 16.1. The normalized spacial score (nSPS) is 21.1. The quantitative estimate of drug-likeness (QED) is 0.558. The van der Waals surface area contributed by atoms with Gasteiger partial charge in [0.1, 0.15) is 6.04 Å². The first-order valence-electron chi connectivity index (χ1n) is 4.06. The molecule has 0 aromatic rings. The summed E-state index contributed by atoms with van der Waals surface area (Å²) >= 11 is 5.53. The molecule has 0 bridgehead atoms. The van der Waals surface area contributed by atoms with E-state index in [0.29, 0.717) is 13.0 Å². The van der Waals surface area contributed by atoms with E-state index in [2.05, 4.69) is 5.73 Å². The number of halogens is 1. The van der Waals surface area contributed by atoms with Crippen LogP contribution in [0.25, 0.3) is 0 Å². The summed E-state index contributed by atoms with van der Waals surface area (Å²) in [6, 6.07) is -0.452. The second-order valence-electron chi connectivity index (χ2n) is 2.72. The zero-order chi connectivity index (χ0) is 11.1. The third-order valence-corrected chi connectivity index (χ3v) is 2.05. The predicted molar refractivity (Wildman–Crippen MR) is 49.9 cm³/mol. The van der Waals surface area contributed by atoms with Crippen molar-refractivity contribution in [2.24, 2.45) is 5.73 Å². The third kappa shape index (κ3) is 5.00. The van der Waals surface area contributed by atoms with Crippen LogP contribution in [0.3, 0.4) is 0 Å². The molecule has 82 valence electrons. The van der Waals surface area contributed by atoms with Crippen molar-refractivity contribution in [2.45, 2.75) is 18.9 Å². The highest BCUT2D eigenvalue weighted by atomic mass is 35.5. The third-order valence-electron chi connectivity index (χ3n) is 1.65. The molecule has 1 saturated heterocycles. The number of hydrogen-bond acceptors (Lipinski definition) is 4. The van der Waals surface area contributed by atoms with Crippen LogP contribution in [-0.2, 0) is 9.59 Å². The highest BCUT2D eigenvalue weighted by Gasteiger charge is 2.28. The van der Waals surface area contributed by atoms with Crippen LogP contribution in [0, 0.1) is 0 Å². The lowest BCUT2D eigenvalue weighted by molar-refractivity contribution is -0.140. The van der Waals surface area contributed by atoms with Gasteiger partial charge in [-0.3, -0.25) is 9.59 Å². The van der Waals surface area contributed by atoms with Crippen LogP contribution < -0.4 is 5.73 Å². The van der Waals surface area contributed by atoms with Gasteiger partial charge in [0.2, 0.25) is 0 Å². The van der Waals surface area contributed by atoms with Gasteiger partial charge in [-0.15, -0.1) is 0 Å². The molecule has 0 radical (unpaired) electrons. The summed E-state index contributed by atoms with van der Waals surface area (Å²) in [6.07, 6.45) is 1.57. The molecule has 0 spiro atoms. The average molecular weight is 225 g/mol. The van der Waals surface area contributed by atoms with Crippen LogP contribution in [0.4, 0.5) is 0 Å². The van der Waals surface area contributed by atoms with E-state index in [1.807, 2.05) is 0 Å². The van der Waals surface area contributed by atoms with Crippen molar-refractivity contribution >= 4 is 23.7 Å². The first-order chi connectivity index (χ1) is 6.49. The Morgan fingerprint density at radius 3 is 2.14 bits per heavy atom. The number of nitrogens with two attached hydrogens (primary N) is 1. The predicted octanol–water partition coefficient (Wildman–Crippen LogP) is -0.281. The van der Waals surface area contributed by atoms with Crippen LogP contribution in [0.2, 0.25) is 0 Å². The molecular formula is C7H13ClN2O4. The minimum Gasteiger partial charge on any atom is -0.480 e. The molecule has 0 aromatic carbocycles. The number of hydrogen-bond donors (Lipinski definition) is 3. The summed E-state index contributed by atoms with van der Waals surface area (Å²) in [5.74, 6) is -1.78. The molecule has 1 heterocycles. The number of rotatable bonds is 2. The maximum Gasteiger partial charge on any atom is 0.322 e. The van der Waals surface area contributed by atoms with E-state index in [0.717, 1.165) is 6.42 Å². The molecule has 0 saturated carbocycles. The number of carbonyl (C=O) groups is 2. The molecule has 1 aliphatic rings. The van der Waals surface area contributed by atoms with Crippen molar-refractivity contribution in [3.05, 3.63) is 0 Å². The van der Waals surface area contributed by atoms with Gasteiger partial charge in [-0.2, -0.15) is 0 Å². The molecule has 0 unspecified atom stereocenters. The second kappa shape index (κ2) is 6.58. The average Bonchev–Trinajstić information content (AvgIpc) is 2.52. The zero-order valence-electron chi connectivity index (χ0n) is 7.52. The Morgan fingerprint density at radius 1 is 1.50 bits per heavy atom. The Bertz CT molecular complexity index is 212. The minimum absolute atomic E-state index is 0.278. The van der Waals surface area contributed by atoms with Gasteiger partial charge in [-0.1, -0.05) is 0 Å². The van der Waals surface area contributed by atoms with Gasteiger partial charge in [0, 0.05) is 6.54 Å². The Morgan fingerprint density at radius 2 is 2.00 bits per heavy atom. The van der Waals surface area contributed by atoms with Crippen molar-refractivity contribution in [2.75, 3.05) is 13.1 Å². The van der Waals surface area contributed by atoms with E-state index in [1.165, 1.54) is 4.42 Å². The van der Waals surface area contributed by atoms with Crippen molar-refractivity contribution in [1.29, 1.82) is 0 Å². The molecule has 1 atom stereocenters. The van der Waals surface area contributed by atoms with Gasteiger partial charge in [-0.25, -0.2) is 4.42 Å². The largest absolute Gasteiger partial charge is 0.480 e. The van der Waals surface area contributed by atoms with Gasteiger partial charge in [0.25, 0.3) is 0 Å². The summed E-state index contributed by atoms with van der Waals surface area (Å²) in [5.41, 5.74) is 4.57. The second-order valence-corrected chi connectivity index (χ2v) is 3.15. The molecule has 0 amide bonds. The Kier molecular flexibility index (Phi) is 6.18. The molecular weight excluding hydrogens is 212 g/mol. The van der Waals surface area contributed by atoms with Crippen molar-refractivity contribution < 1.29 is 19.8 Å². The van der Waals surface area contributed by atoms with Gasteiger partial charge >= 0.3 is 11.9 Å². The molecule has 7 heteroatoms. The Labute approximate surface area is 86.4 Å². The first-order valence-corrected chi connectivity index (χ1v) is 4.40. The van der Waals surface area contributed by atoms with E-state index in [-0.39, 0.29) is 6.54 Å². The maximum atomic E-state index is 10.3. The minimum atomic E-state index is -0.968. The van der Waals surface area contributed by atoms with Crippen molar-refractivity contribution in [1.82, 2.24) is 4.42 Å². The summed E-state index contributed by atoms with van der Waals surface area (Å²) in [7, 11) is 0. The molecule has 0 aromatic heterocycles. The lowest BCUT2D eigenvalue weighted by Crippen LogP contribution is -2.28. The zero-order valence-corrected chi connectivity index (χ0v) is 8.28. The first kappa shape index (κ1) is 13.2. The highest BCUT2D eigenvalue weighted by Crippen LogP contribution is 2.18. The van der Waals surface area contributed by atoms with Gasteiger partial charge in [0.05, 0.1) is 6.54 Å². The van der Waals surface area contributed by atoms with Crippen LogP contribution in [0.15, 0.2) is 0 Å². The summed E-state index contributed by atoms with van der Waals surface area (Å²) in [4.78, 5) is 19.5. The van der Waals surface area contributed by atoms with Gasteiger partial charge in [0.15, 0.2) is 0 Å². The highest BCUT2D eigenvalue weighted by molar-refractivity contribution is 6.14. The molecule has 6 nitrogen and oxygen atoms in total. The van der Waals surface area contributed by atoms with Crippen LogP contribution in [0.5, 0.6) is 0 Å². The fourth-order valence-electron chi connectivity index (χ4n) is 0.975. The van der Waals surface area contributed by atoms with E-state index in [4.69, 9.17) is 22.0 Å². The molecule has 1 aliphatic heterocycles. The lowest BCUT2D eigenvalue weighted by atomic mass is 10.2. The molecule has 14 heavy (non-hydrogen) atoms. The lowest BCUT2D eigenvalue weighted by Gasteiger charge is -2.09. The van der Waals surface area contributed by atoms with Crippen LogP contribution in [0.1, 0.15) is 12.8 Å². The van der Waals surface area contributed by atoms with Crippen LogP contribution in [-0.4, -0.2) is 45.7 Å². The monoisotopic (exact) mass is 224 g/mol. The number of aliphatic carboxylic acids is 2. The van der Waals surface area contributed by atoms with Gasteiger partial charge in [-0.05, 0) is 24.6 Å². The number of carboxylic acid groups (broad SMARTS) is 2. The Balaban J connectivity index is 0.000000292. The molecule has 1 fully saturated rings.